The lowest BCUT2D eigenvalue weighted by Gasteiger charge is -2.19. The molecule has 0 unspecified atom stereocenters. The van der Waals surface area contributed by atoms with Crippen molar-refractivity contribution in [3.05, 3.63) is 59.7 Å². The van der Waals surface area contributed by atoms with E-state index in [2.05, 4.69) is 46.0 Å². The van der Waals surface area contributed by atoms with Gasteiger partial charge >= 0.3 is 0 Å². The zero-order valence-corrected chi connectivity index (χ0v) is 15.7. The highest BCUT2D eigenvalue weighted by atomic mass is 16.5. The van der Waals surface area contributed by atoms with E-state index in [0.717, 1.165) is 29.6 Å². The van der Waals surface area contributed by atoms with Crippen LogP contribution in [-0.2, 0) is 12.0 Å². The van der Waals surface area contributed by atoms with Gasteiger partial charge in [-0.2, -0.15) is 0 Å². The fourth-order valence-electron chi connectivity index (χ4n) is 3.16. The summed E-state index contributed by atoms with van der Waals surface area (Å²) in [5.41, 5.74) is 2.76. The normalized spacial score (nSPS) is 15.3. The van der Waals surface area contributed by atoms with Crippen molar-refractivity contribution >= 4 is 5.96 Å². The first-order valence-electron chi connectivity index (χ1n) is 8.92. The van der Waals surface area contributed by atoms with Crippen LogP contribution in [0.3, 0.4) is 0 Å². The molecule has 3 rings (SSSR count). The quantitative estimate of drug-likeness (QED) is 0.593. The van der Waals surface area contributed by atoms with Crippen LogP contribution in [0, 0.1) is 0 Å². The highest BCUT2D eigenvalue weighted by Crippen LogP contribution is 2.47. The molecule has 0 aromatic heterocycles. The minimum absolute atomic E-state index is 0.252. The Bertz CT molecular complexity index is 755. The monoisotopic (exact) mass is 353 g/mol. The van der Waals surface area contributed by atoms with E-state index in [0.29, 0.717) is 6.54 Å². The van der Waals surface area contributed by atoms with Crippen molar-refractivity contribution in [2.24, 2.45) is 4.99 Å². The van der Waals surface area contributed by atoms with Gasteiger partial charge in [0.25, 0.3) is 0 Å². The van der Waals surface area contributed by atoms with Gasteiger partial charge in [-0.15, -0.1) is 0 Å². The van der Waals surface area contributed by atoms with Crippen LogP contribution in [-0.4, -0.2) is 33.8 Å². The molecule has 1 saturated carbocycles. The number of aliphatic imine (C=N–C) groups is 1. The summed E-state index contributed by atoms with van der Waals surface area (Å²) in [5, 5.41) is 6.84. The Morgan fingerprint density at radius 1 is 1.00 bits per heavy atom. The SMILES string of the molecule is CN=C(NCc1ccc(OC)c(OC)c1)NCC1(c2ccccc2)CC1. The number of guanidine groups is 1. The molecule has 2 N–H and O–H groups in total. The smallest absolute Gasteiger partial charge is 0.191 e. The molecule has 0 radical (unpaired) electrons. The van der Waals surface area contributed by atoms with E-state index >= 15 is 0 Å². The van der Waals surface area contributed by atoms with Gasteiger partial charge in [0.05, 0.1) is 14.2 Å². The first kappa shape index (κ1) is 18.1. The van der Waals surface area contributed by atoms with Crippen molar-refractivity contribution < 1.29 is 9.47 Å². The second-order valence-corrected chi connectivity index (χ2v) is 6.62. The molecule has 1 aliphatic rings. The van der Waals surface area contributed by atoms with E-state index in [1.54, 1.807) is 21.3 Å². The van der Waals surface area contributed by atoms with Crippen LogP contribution in [0.15, 0.2) is 53.5 Å². The van der Waals surface area contributed by atoms with E-state index in [-0.39, 0.29) is 5.41 Å². The number of hydrogen-bond acceptors (Lipinski definition) is 3. The maximum Gasteiger partial charge on any atom is 0.191 e. The van der Waals surface area contributed by atoms with E-state index in [1.165, 1.54) is 18.4 Å². The standard InChI is InChI=1S/C21H27N3O2/c1-22-20(23-14-16-9-10-18(25-2)19(13-16)26-3)24-15-21(11-12-21)17-7-5-4-6-8-17/h4-10,13H,11-12,14-15H2,1-3H3,(H2,22,23,24). The highest BCUT2D eigenvalue weighted by Gasteiger charge is 2.43. The molecule has 2 aromatic rings. The Morgan fingerprint density at radius 3 is 2.35 bits per heavy atom. The third-order valence-corrected chi connectivity index (χ3v) is 4.97. The van der Waals surface area contributed by atoms with Crippen LogP contribution in [0.4, 0.5) is 0 Å². The van der Waals surface area contributed by atoms with Crippen LogP contribution in [0.2, 0.25) is 0 Å². The molecule has 2 aromatic carbocycles. The van der Waals surface area contributed by atoms with Gasteiger partial charge in [-0.25, -0.2) is 0 Å². The summed E-state index contributed by atoms with van der Waals surface area (Å²) < 4.78 is 10.6. The number of methoxy groups -OCH3 is 2. The van der Waals surface area contributed by atoms with Crippen LogP contribution < -0.4 is 20.1 Å². The predicted molar refractivity (Wildman–Crippen MR) is 105 cm³/mol. The largest absolute Gasteiger partial charge is 0.493 e. The third kappa shape index (κ3) is 4.10. The molecule has 0 atom stereocenters. The molecule has 1 fully saturated rings. The number of ether oxygens (including phenoxy) is 2. The average Bonchev–Trinajstić information content (AvgIpc) is 3.49. The summed E-state index contributed by atoms with van der Waals surface area (Å²) in [6, 6.07) is 16.6. The number of nitrogens with one attached hydrogen (secondary N) is 2. The summed E-state index contributed by atoms with van der Waals surface area (Å²) in [7, 11) is 5.09. The van der Waals surface area contributed by atoms with Gasteiger partial charge in [-0.05, 0) is 36.1 Å². The van der Waals surface area contributed by atoms with E-state index in [9.17, 15) is 0 Å². The fourth-order valence-corrected chi connectivity index (χ4v) is 3.16. The molecule has 138 valence electrons. The second kappa shape index (κ2) is 8.13. The van der Waals surface area contributed by atoms with Crippen molar-refractivity contribution in [2.45, 2.75) is 24.8 Å². The van der Waals surface area contributed by atoms with Crippen molar-refractivity contribution in [3.8, 4) is 11.5 Å². The summed E-state index contributed by atoms with van der Waals surface area (Å²) in [5.74, 6) is 2.27. The van der Waals surface area contributed by atoms with Gasteiger partial charge in [0, 0.05) is 25.6 Å². The van der Waals surface area contributed by atoms with Gasteiger partial charge in [-0.3, -0.25) is 4.99 Å². The van der Waals surface area contributed by atoms with Crippen molar-refractivity contribution in [3.63, 3.8) is 0 Å². The molecule has 26 heavy (non-hydrogen) atoms. The lowest BCUT2D eigenvalue weighted by atomic mass is 9.96. The van der Waals surface area contributed by atoms with Crippen LogP contribution in [0.25, 0.3) is 0 Å². The maximum atomic E-state index is 5.36. The topological polar surface area (TPSA) is 54.9 Å². The van der Waals surface area contributed by atoms with Gasteiger partial charge in [-0.1, -0.05) is 36.4 Å². The number of nitrogens with zero attached hydrogens (tertiary/aromatic N) is 1. The zero-order chi connectivity index (χ0) is 18.4. The highest BCUT2D eigenvalue weighted by molar-refractivity contribution is 5.79. The lowest BCUT2D eigenvalue weighted by molar-refractivity contribution is 0.354. The maximum absolute atomic E-state index is 5.36. The summed E-state index contributed by atoms with van der Waals surface area (Å²) in [6.45, 7) is 1.56. The Morgan fingerprint density at radius 2 is 1.73 bits per heavy atom. The number of rotatable bonds is 7. The van der Waals surface area contributed by atoms with Gasteiger partial charge in [0.1, 0.15) is 0 Å². The first-order chi connectivity index (χ1) is 12.7. The van der Waals surface area contributed by atoms with Crippen molar-refractivity contribution in [2.75, 3.05) is 27.8 Å². The van der Waals surface area contributed by atoms with Gasteiger partial charge in [0.15, 0.2) is 17.5 Å². The predicted octanol–water partition coefficient (Wildman–Crippen LogP) is 3.10. The minimum atomic E-state index is 0.252. The Hall–Kier alpha value is -2.69. The molecule has 0 spiro atoms. The summed E-state index contributed by atoms with van der Waals surface area (Å²) in [6.07, 6.45) is 2.44. The molecular weight excluding hydrogens is 326 g/mol. The van der Waals surface area contributed by atoms with Crippen LogP contribution in [0.1, 0.15) is 24.0 Å². The van der Waals surface area contributed by atoms with Crippen LogP contribution >= 0.6 is 0 Å². The first-order valence-corrected chi connectivity index (χ1v) is 8.92. The number of benzene rings is 2. The van der Waals surface area contributed by atoms with Gasteiger partial charge in [0.2, 0.25) is 0 Å². The van der Waals surface area contributed by atoms with Crippen molar-refractivity contribution in [1.82, 2.24) is 10.6 Å². The molecular formula is C21H27N3O2. The number of hydrogen-bond donors (Lipinski definition) is 2. The Kier molecular flexibility index (Phi) is 5.66. The zero-order valence-electron chi connectivity index (χ0n) is 15.7. The molecule has 0 heterocycles. The molecule has 1 aliphatic carbocycles. The molecule has 5 nitrogen and oxygen atoms in total. The molecule has 0 aliphatic heterocycles. The Labute approximate surface area is 155 Å². The Balaban J connectivity index is 1.56. The molecule has 0 saturated heterocycles. The minimum Gasteiger partial charge on any atom is -0.493 e. The average molecular weight is 353 g/mol. The fraction of sp³-hybridized carbons (Fsp3) is 0.381. The van der Waals surface area contributed by atoms with E-state index < -0.39 is 0 Å². The summed E-state index contributed by atoms with van der Waals surface area (Å²) in [4.78, 5) is 4.34. The summed E-state index contributed by atoms with van der Waals surface area (Å²) >= 11 is 0. The van der Waals surface area contributed by atoms with Crippen molar-refractivity contribution in [1.29, 1.82) is 0 Å². The molecule has 5 heteroatoms. The lowest BCUT2D eigenvalue weighted by Crippen LogP contribution is -2.40. The molecule has 0 amide bonds. The van der Waals surface area contributed by atoms with E-state index in [1.807, 2.05) is 18.2 Å². The van der Waals surface area contributed by atoms with Gasteiger partial charge < -0.3 is 20.1 Å². The molecule has 0 bridgehead atoms. The van der Waals surface area contributed by atoms with E-state index in [4.69, 9.17) is 9.47 Å². The second-order valence-electron chi connectivity index (χ2n) is 6.62. The third-order valence-electron chi connectivity index (χ3n) is 4.97. The van der Waals surface area contributed by atoms with Crippen LogP contribution in [0.5, 0.6) is 11.5 Å².